The third kappa shape index (κ3) is 7.22. The number of nitrogens with zero attached hydrogens (tertiary/aromatic N) is 1. The molecule has 1 aliphatic heterocycles. The molecule has 1 atom stereocenters. The van der Waals surface area contributed by atoms with Crippen LogP contribution in [0.4, 0.5) is 0 Å². The summed E-state index contributed by atoms with van der Waals surface area (Å²) in [5, 5.41) is 0. The molecule has 0 aromatic heterocycles. The third-order valence-electron chi connectivity index (χ3n) is 4.82. The summed E-state index contributed by atoms with van der Waals surface area (Å²) >= 11 is 0. The number of carbonyl (C=O) groups excluding carboxylic acids is 1. The summed E-state index contributed by atoms with van der Waals surface area (Å²) in [4.78, 5) is 14.8. The Kier molecular flexibility index (Phi) is 12.9. The first-order valence-electron chi connectivity index (χ1n) is 10.7. The van der Waals surface area contributed by atoms with Gasteiger partial charge in [-0.25, -0.2) is 0 Å². The van der Waals surface area contributed by atoms with Gasteiger partial charge in [-0.05, 0) is 42.2 Å². The highest BCUT2D eigenvalue weighted by molar-refractivity contribution is 5.99. The van der Waals surface area contributed by atoms with Crippen LogP contribution in [0.3, 0.4) is 0 Å². The van der Waals surface area contributed by atoms with E-state index in [0.29, 0.717) is 17.8 Å². The van der Waals surface area contributed by atoms with Crippen molar-refractivity contribution >= 4 is 5.78 Å². The fourth-order valence-electron chi connectivity index (χ4n) is 3.07. The van der Waals surface area contributed by atoms with Crippen molar-refractivity contribution in [1.82, 2.24) is 4.90 Å². The molecule has 3 nitrogen and oxygen atoms in total. The smallest absolute Gasteiger partial charge is 0.163 e. The van der Waals surface area contributed by atoms with Crippen LogP contribution in [0.5, 0.6) is 0 Å². The molecule has 2 rings (SSSR count). The standard InChI is InChI=1S/C23H27NO2.2C2H6/c1-7-9-22-15-20(14-21(8-2)24(22)5)23(25)12-16(3)18-10-11-19(13-18)17(4)26-6;2*1-2/h7-11,14-16H,1-2,4,12-13H2,3,5-6H3;2*1-2H3/b22-9-;;/t16-;;/m0../s1. The second-order valence-electron chi connectivity index (χ2n) is 6.53. The van der Waals surface area contributed by atoms with Gasteiger partial charge in [0.15, 0.2) is 5.78 Å². The zero-order chi connectivity index (χ0) is 23.3. The van der Waals surface area contributed by atoms with Crippen molar-refractivity contribution in [1.29, 1.82) is 0 Å². The van der Waals surface area contributed by atoms with Gasteiger partial charge < -0.3 is 9.64 Å². The fraction of sp³-hybridized carbons (Fsp3) is 0.370. The molecular formula is C27H39NO2. The zero-order valence-corrected chi connectivity index (χ0v) is 19.9. The monoisotopic (exact) mass is 409 g/mol. The number of ether oxygens (including phenoxy) is 1. The van der Waals surface area contributed by atoms with E-state index in [1.54, 1.807) is 19.3 Å². The Labute approximate surface area is 184 Å². The van der Waals surface area contributed by atoms with Crippen LogP contribution >= 0.6 is 0 Å². The average Bonchev–Trinajstić information content (AvgIpc) is 3.28. The second kappa shape index (κ2) is 14.2. The van der Waals surface area contributed by atoms with Gasteiger partial charge in [-0.2, -0.15) is 0 Å². The van der Waals surface area contributed by atoms with Gasteiger partial charge in [-0.3, -0.25) is 4.79 Å². The minimum atomic E-state index is 0.125. The van der Waals surface area contributed by atoms with Crippen molar-refractivity contribution in [3.05, 3.63) is 96.1 Å². The lowest BCUT2D eigenvalue weighted by molar-refractivity contribution is -0.115. The van der Waals surface area contributed by atoms with Gasteiger partial charge in [0.1, 0.15) is 5.76 Å². The summed E-state index contributed by atoms with van der Waals surface area (Å²) in [5.41, 5.74) is 4.83. The topological polar surface area (TPSA) is 29.5 Å². The molecule has 1 aliphatic carbocycles. The van der Waals surface area contributed by atoms with Gasteiger partial charge in [-0.1, -0.05) is 78.2 Å². The number of allylic oxidation sites excluding steroid dienone is 10. The highest BCUT2D eigenvalue weighted by atomic mass is 16.5. The predicted octanol–water partition coefficient (Wildman–Crippen LogP) is 7.06. The molecule has 0 N–H and O–H groups in total. The van der Waals surface area contributed by atoms with E-state index in [-0.39, 0.29) is 11.7 Å². The molecule has 0 fully saturated rings. The molecule has 1 heterocycles. The van der Waals surface area contributed by atoms with E-state index in [1.807, 2.05) is 63.9 Å². The van der Waals surface area contributed by atoms with E-state index < -0.39 is 0 Å². The molecular weight excluding hydrogens is 370 g/mol. The molecule has 0 radical (unpaired) electrons. The molecule has 0 unspecified atom stereocenters. The van der Waals surface area contributed by atoms with E-state index in [4.69, 9.17) is 4.74 Å². The lowest BCUT2D eigenvalue weighted by Gasteiger charge is -2.26. The van der Waals surface area contributed by atoms with Gasteiger partial charge in [-0.15, -0.1) is 0 Å². The number of hydrogen-bond acceptors (Lipinski definition) is 3. The minimum absolute atomic E-state index is 0.125. The number of ketones is 1. The predicted molar refractivity (Wildman–Crippen MR) is 131 cm³/mol. The molecule has 30 heavy (non-hydrogen) atoms. The molecule has 0 bridgehead atoms. The summed E-state index contributed by atoms with van der Waals surface area (Å²) in [7, 11) is 3.57. The van der Waals surface area contributed by atoms with Crippen molar-refractivity contribution in [3.63, 3.8) is 0 Å². The lowest BCUT2D eigenvalue weighted by Crippen LogP contribution is -2.21. The van der Waals surface area contributed by atoms with Crippen molar-refractivity contribution in [2.75, 3.05) is 14.2 Å². The maximum absolute atomic E-state index is 12.8. The highest BCUT2D eigenvalue weighted by Gasteiger charge is 2.22. The summed E-state index contributed by atoms with van der Waals surface area (Å²) in [6, 6.07) is 0. The summed E-state index contributed by atoms with van der Waals surface area (Å²) in [6.45, 7) is 21.6. The van der Waals surface area contributed by atoms with Crippen LogP contribution in [0.25, 0.3) is 0 Å². The maximum Gasteiger partial charge on any atom is 0.163 e. The Bertz CT molecular complexity index is 788. The first-order chi connectivity index (χ1) is 14.4. The van der Waals surface area contributed by atoms with Crippen molar-refractivity contribution in [2.24, 2.45) is 5.92 Å². The molecule has 0 amide bonds. The lowest BCUT2D eigenvalue weighted by atomic mass is 9.90. The molecule has 2 aliphatic rings. The first kappa shape index (κ1) is 27.2. The molecule has 0 spiro atoms. The second-order valence-corrected chi connectivity index (χ2v) is 6.53. The Balaban J connectivity index is 0.00000198. The average molecular weight is 410 g/mol. The Hall–Kier alpha value is -2.81. The van der Waals surface area contributed by atoms with E-state index in [0.717, 1.165) is 23.4 Å². The van der Waals surface area contributed by atoms with Gasteiger partial charge >= 0.3 is 0 Å². The first-order valence-corrected chi connectivity index (χ1v) is 10.7. The van der Waals surface area contributed by atoms with Gasteiger partial charge in [0, 0.05) is 30.4 Å². The molecule has 0 aromatic rings. The minimum Gasteiger partial charge on any atom is -0.497 e. The van der Waals surface area contributed by atoms with E-state index in [2.05, 4.69) is 32.7 Å². The van der Waals surface area contributed by atoms with Crippen LogP contribution in [0.2, 0.25) is 0 Å². The fourth-order valence-corrected chi connectivity index (χ4v) is 3.07. The summed E-state index contributed by atoms with van der Waals surface area (Å²) in [5.74, 6) is 0.972. The van der Waals surface area contributed by atoms with Crippen molar-refractivity contribution < 1.29 is 9.53 Å². The number of likely N-dealkylation sites (N-methyl/N-ethyl adjacent to an activating group) is 1. The normalized spacial score (nSPS) is 17.0. The number of methoxy groups -OCH3 is 1. The van der Waals surface area contributed by atoms with Crippen molar-refractivity contribution in [2.45, 2.75) is 47.5 Å². The molecule has 0 saturated heterocycles. The van der Waals surface area contributed by atoms with Crippen LogP contribution in [-0.4, -0.2) is 24.8 Å². The number of Topliss-reactive ketones (excluding diaryl/α,β-unsaturated/α-hetero) is 1. The van der Waals surface area contributed by atoms with E-state index >= 15 is 0 Å². The van der Waals surface area contributed by atoms with Crippen LogP contribution in [0.15, 0.2) is 96.1 Å². The van der Waals surface area contributed by atoms with Crippen LogP contribution < -0.4 is 0 Å². The Morgan fingerprint density at radius 3 is 2.37 bits per heavy atom. The van der Waals surface area contributed by atoms with Crippen LogP contribution in [0, 0.1) is 5.92 Å². The largest absolute Gasteiger partial charge is 0.497 e. The summed E-state index contributed by atoms with van der Waals surface area (Å²) in [6.07, 6.45) is 14.5. The Morgan fingerprint density at radius 2 is 1.83 bits per heavy atom. The number of carbonyl (C=O) groups is 1. The summed E-state index contributed by atoms with van der Waals surface area (Å²) < 4.78 is 5.20. The highest BCUT2D eigenvalue weighted by Crippen LogP contribution is 2.32. The van der Waals surface area contributed by atoms with Gasteiger partial charge in [0.25, 0.3) is 0 Å². The van der Waals surface area contributed by atoms with Gasteiger partial charge in [0.2, 0.25) is 0 Å². The van der Waals surface area contributed by atoms with Crippen LogP contribution in [-0.2, 0) is 9.53 Å². The number of hydrogen-bond donors (Lipinski definition) is 0. The SMILES string of the molecule is C=C/C=C1/C=C(C(=O)C[C@H](C)C2=CC=C(C(=C)OC)C2)C=C(C=C)N1C.CC.CC. The maximum atomic E-state index is 12.8. The van der Waals surface area contributed by atoms with Crippen LogP contribution in [0.1, 0.15) is 47.5 Å². The van der Waals surface area contributed by atoms with Gasteiger partial charge in [0.05, 0.1) is 7.11 Å². The molecule has 0 saturated carbocycles. The molecule has 0 aromatic carbocycles. The quantitative estimate of drug-likeness (QED) is 0.402. The molecule has 164 valence electrons. The third-order valence-corrected chi connectivity index (χ3v) is 4.82. The van der Waals surface area contributed by atoms with Crippen molar-refractivity contribution in [3.8, 4) is 0 Å². The van der Waals surface area contributed by atoms with E-state index in [9.17, 15) is 4.79 Å². The number of rotatable bonds is 8. The molecule has 3 heteroatoms. The Morgan fingerprint density at radius 1 is 1.20 bits per heavy atom. The van der Waals surface area contributed by atoms with E-state index in [1.165, 1.54) is 5.57 Å². The zero-order valence-electron chi connectivity index (χ0n) is 19.9.